The number of oxazole rings is 1. The smallest absolute Gasteiger partial charge is 0.236 e. The van der Waals surface area contributed by atoms with Gasteiger partial charge in [-0.2, -0.15) is 0 Å². The molecule has 0 amide bonds. The van der Waals surface area contributed by atoms with Crippen molar-refractivity contribution in [3.63, 3.8) is 0 Å². The normalized spacial score (nSPS) is 22.7. The quantitative estimate of drug-likeness (QED) is 0.752. The van der Waals surface area contributed by atoms with E-state index in [1.807, 2.05) is 13.0 Å². The molecule has 0 bridgehead atoms. The van der Waals surface area contributed by atoms with Crippen LogP contribution in [-0.4, -0.2) is 58.7 Å². The highest BCUT2D eigenvalue weighted by atomic mass is 32.1. The molecule has 4 rings (SSSR count). The first-order chi connectivity index (χ1) is 13.7. The molecule has 1 aliphatic carbocycles. The van der Waals surface area contributed by atoms with E-state index in [0.717, 1.165) is 60.7 Å². The molecule has 1 unspecified atom stereocenters. The van der Waals surface area contributed by atoms with Crippen molar-refractivity contribution in [2.45, 2.75) is 58.0 Å². The SMILES string of the molecule is Cc1oc(-c2cccs2)nc1CN1CCN(CC2CCCCC2)C(CCO)C1. The molecule has 0 aromatic carbocycles. The molecule has 1 saturated carbocycles. The molecule has 2 aliphatic rings. The van der Waals surface area contributed by atoms with Gasteiger partial charge in [-0.05, 0) is 43.6 Å². The lowest BCUT2D eigenvalue weighted by atomic mass is 9.88. The first-order valence-electron chi connectivity index (χ1n) is 10.8. The van der Waals surface area contributed by atoms with Crippen LogP contribution < -0.4 is 0 Å². The van der Waals surface area contributed by atoms with Gasteiger partial charge in [0.15, 0.2) is 0 Å². The van der Waals surface area contributed by atoms with Crippen molar-refractivity contribution in [1.29, 1.82) is 0 Å². The van der Waals surface area contributed by atoms with E-state index in [-0.39, 0.29) is 6.61 Å². The Kier molecular flexibility index (Phi) is 6.83. The molecule has 2 aromatic rings. The van der Waals surface area contributed by atoms with Crippen LogP contribution in [0.2, 0.25) is 0 Å². The molecule has 28 heavy (non-hydrogen) atoms. The van der Waals surface area contributed by atoms with Crippen LogP contribution in [0, 0.1) is 12.8 Å². The number of hydrogen-bond acceptors (Lipinski definition) is 6. The predicted octanol–water partition coefficient (Wildman–Crippen LogP) is 4.16. The summed E-state index contributed by atoms with van der Waals surface area (Å²) >= 11 is 1.66. The Morgan fingerprint density at radius 3 is 2.86 bits per heavy atom. The molecule has 1 saturated heterocycles. The minimum absolute atomic E-state index is 0.269. The molecule has 0 radical (unpaired) electrons. The summed E-state index contributed by atoms with van der Waals surface area (Å²) in [6, 6.07) is 4.54. The van der Waals surface area contributed by atoms with Gasteiger partial charge in [0.25, 0.3) is 0 Å². The minimum Gasteiger partial charge on any atom is -0.440 e. The second-order valence-corrected chi connectivity index (χ2v) is 9.35. The minimum atomic E-state index is 0.269. The monoisotopic (exact) mass is 403 g/mol. The molecule has 2 fully saturated rings. The van der Waals surface area contributed by atoms with Gasteiger partial charge < -0.3 is 9.52 Å². The van der Waals surface area contributed by atoms with Gasteiger partial charge in [0.05, 0.1) is 10.6 Å². The highest BCUT2D eigenvalue weighted by molar-refractivity contribution is 7.13. The molecular formula is C22H33N3O2S. The Morgan fingerprint density at radius 1 is 1.25 bits per heavy atom. The van der Waals surface area contributed by atoms with E-state index in [0.29, 0.717) is 6.04 Å². The second kappa shape index (κ2) is 9.53. The van der Waals surface area contributed by atoms with Crippen LogP contribution in [0.25, 0.3) is 10.8 Å². The summed E-state index contributed by atoms with van der Waals surface area (Å²) < 4.78 is 5.92. The van der Waals surface area contributed by atoms with Crippen molar-refractivity contribution in [2.75, 3.05) is 32.8 Å². The largest absolute Gasteiger partial charge is 0.440 e. The van der Waals surface area contributed by atoms with Gasteiger partial charge in [0.1, 0.15) is 5.76 Å². The molecule has 1 aliphatic heterocycles. The van der Waals surface area contributed by atoms with Gasteiger partial charge in [-0.3, -0.25) is 9.80 Å². The molecule has 2 aromatic heterocycles. The maximum Gasteiger partial charge on any atom is 0.236 e. The average molecular weight is 404 g/mol. The Morgan fingerprint density at radius 2 is 2.11 bits per heavy atom. The van der Waals surface area contributed by atoms with Gasteiger partial charge in [-0.15, -0.1) is 11.3 Å². The highest BCUT2D eigenvalue weighted by Gasteiger charge is 2.29. The van der Waals surface area contributed by atoms with Gasteiger partial charge in [0, 0.05) is 45.4 Å². The fourth-order valence-electron chi connectivity index (χ4n) is 4.76. The maximum absolute atomic E-state index is 9.60. The predicted molar refractivity (Wildman–Crippen MR) is 113 cm³/mol. The zero-order valence-corrected chi connectivity index (χ0v) is 17.8. The van der Waals surface area contributed by atoms with E-state index in [4.69, 9.17) is 9.40 Å². The third-order valence-electron chi connectivity index (χ3n) is 6.37. The molecule has 1 N–H and O–H groups in total. The van der Waals surface area contributed by atoms with E-state index in [1.54, 1.807) is 11.3 Å². The van der Waals surface area contributed by atoms with Gasteiger partial charge in [-0.1, -0.05) is 25.3 Å². The number of aliphatic hydroxyl groups excluding tert-OH is 1. The fourth-order valence-corrected chi connectivity index (χ4v) is 5.41. The number of aliphatic hydroxyl groups is 1. The number of piperazine rings is 1. The van der Waals surface area contributed by atoms with E-state index < -0.39 is 0 Å². The first kappa shape index (κ1) is 20.1. The van der Waals surface area contributed by atoms with Crippen LogP contribution in [0.4, 0.5) is 0 Å². The summed E-state index contributed by atoms with van der Waals surface area (Å²) in [5, 5.41) is 11.7. The number of rotatable bonds is 7. The lowest BCUT2D eigenvalue weighted by Crippen LogP contribution is -2.54. The Hall–Kier alpha value is -1.21. The van der Waals surface area contributed by atoms with Gasteiger partial charge in [-0.25, -0.2) is 4.98 Å². The van der Waals surface area contributed by atoms with Crippen molar-refractivity contribution < 1.29 is 9.52 Å². The van der Waals surface area contributed by atoms with Crippen molar-refractivity contribution >= 4 is 11.3 Å². The summed E-state index contributed by atoms with van der Waals surface area (Å²) in [6.45, 7) is 7.50. The van der Waals surface area contributed by atoms with Crippen molar-refractivity contribution in [3.05, 3.63) is 29.0 Å². The van der Waals surface area contributed by atoms with Crippen LogP contribution in [0.1, 0.15) is 50.0 Å². The van der Waals surface area contributed by atoms with Gasteiger partial charge in [0.2, 0.25) is 5.89 Å². The summed E-state index contributed by atoms with van der Waals surface area (Å²) in [4.78, 5) is 11.0. The average Bonchev–Trinajstić information content (AvgIpc) is 3.35. The topological polar surface area (TPSA) is 52.7 Å². The van der Waals surface area contributed by atoms with E-state index in [9.17, 15) is 5.11 Å². The van der Waals surface area contributed by atoms with E-state index in [2.05, 4.69) is 21.2 Å². The molecule has 1 atom stereocenters. The zero-order chi connectivity index (χ0) is 19.3. The summed E-state index contributed by atoms with van der Waals surface area (Å²) in [6.07, 6.45) is 7.84. The van der Waals surface area contributed by atoms with Crippen LogP contribution in [0.15, 0.2) is 21.9 Å². The van der Waals surface area contributed by atoms with E-state index in [1.165, 1.54) is 38.6 Å². The number of thiophene rings is 1. The Bertz CT molecular complexity index is 724. The lowest BCUT2D eigenvalue weighted by molar-refractivity contribution is 0.0394. The molecule has 6 heteroatoms. The Balaban J connectivity index is 1.37. The van der Waals surface area contributed by atoms with Crippen LogP contribution in [0.3, 0.4) is 0 Å². The molecule has 0 spiro atoms. The van der Waals surface area contributed by atoms with Crippen LogP contribution in [0.5, 0.6) is 0 Å². The summed E-state index contributed by atoms with van der Waals surface area (Å²) in [5.74, 6) is 2.52. The van der Waals surface area contributed by atoms with Crippen LogP contribution >= 0.6 is 11.3 Å². The van der Waals surface area contributed by atoms with Crippen molar-refractivity contribution in [1.82, 2.24) is 14.8 Å². The standard InChI is InChI=1S/C22H33N3O2S/c1-17-20(23-22(27-17)21-8-5-13-28-21)16-24-10-11-25(19(15-24)9-12-26)14-18-6-3-2-4-7-18/h5,8,13,18-19,26H,2-4,6-7,9-12,14-16H2,1H3. The number of hydrogen-bond donors (Lipinski definition) is 1. The zero-order valence-electron chi connectivity index (χ0n) is 17.0. The molecule has 154 valence electrons. The summed E-state index contributed by atoms with van der Waals surface area (Å²) in [7, 11) is 0. The lowest BCUT2D eigenvalue weighted by Gasteiger charge is -2.43. The van der Waals surface area contributed by atoms with Crippen molar-refractivity contribution in [3.8, 4) is 10.8 Å². The molecule has 3 heterocycles. The molecular weight excluding hydrogens is 370 g/mol. The number of nitrogens with zero attached hydrogens (tertiary/aromatic N) is 3. The van der Waals surface area contributed by atoms with E-state index >= 15 is 0 Å². The maximum atomic E-state index is 9.60. The third kappa shape index (κ3) is 4.85. The Labute approximate surface area is 172 Å². The number of aromatic nitrogens is 1. The fraction of sp³-hybridized carbons (Fsp3) is 0.682. The van der Waals surface area contributed by atoms with Gasteiger partial charge >= 0.3 is 0 Å². The highest BCUT2D eigenvalue weighted by Crippen LogP contribution is 2.28. The number of aryl methyl sites for hydroxylation is 1. The summed E-state index contributed by atoms with van der Waals surface area (Å²) in [5.41, 5.74) is 1.05. The van der Waals surface area contributed by atoms with Crippen LogP contribution in [-0.2, 0) is 6.54 Å². The van der Waals surface area contributed by atoms with Crippen molar-refractivity contribution in [2.24, 2.45) is 5.92 Å². The third-order valence-corrected chi connectivity index (χ3v) is 7.22. The molecule has 5 nitrogen and oxygen atoms in total. The first-order valence-corrected chi connectivity index (χ1v) is 11.7. The second-order valence-electron chi connectivity index (χ2n) is 8.40.